The number of fused-ring (bicyclic) bond motifs is 2. The van der Waals surface area contributed by atoms with Crippen molar-refractivity contribution in [1.29, 1.82) is 0 Å². The second-order valence-electron chi connectivity index (χ2n) is 9.12. The minimum atomic E-state index is -0.538. The molecule has 7 heteroatoms. The lowest BCUT2D eigenvalue weighted by Gasteiger charge is -2.38. The van der Waals surface area contributed by atoms with Crippen LogP contribution >= 0.6 is 0 Å². The number of ketones is 1. The summed E-state index contributed by atoms with van der Waals surface area (Å²) in [6.45, 7) is 4.61. The molecule has 0 spiro atoms. The van der Waals surface area contributed by atoms with E-state index in [-0.39, 0.29) is 18.5 Å². The summed E-state index contributed by atoms with van der Waals surface area (Å²) >= 11 is 0. The van der Waals surface area contributed by atoms with Crippen molar-refractivity contribution in [3.63, 3.8) is 0 Å². The molecule has 0 N–H and O–H groups in total. The summed E-state index contributed by atoms with van der Waals surface area (Å²) in [7, 11) is 1.36. The number of allylic oxidation sites excluding steroid dienone is 1. The number of benzene rings is 2. The third-order valence-corrected chi connectivity index (χ3v) is 6.94. The number of carbonyl (C=O) groups is 2. The Morgan fingerprint density at radius 1 is 1.09 bits per heavy atom. The molecule has 2 aromatic carbocycles. The van der Waals surface area contributed by atoms with E-state index < -0.39 is 17.8 Å². The maximum Gasteiger partial charge on any atom is 0.336 e. The maximum absolute atomic E-state index is 13.8. The molecule has 1 unspecified atom stereocenters. The highest BCUT2D eigenvalue weighted by atomic mass is 16.7. The van der Waals surface area contributed by atoms with Crippen LogP contribution in [-0.4, -0.2) is 38.0 Å². The van der Waals surface area contributed by atoms with Crippen molar-refractivity contribution in [2.24, 2.45) is 10.9 Å². The molecule has 1 aliphatic carbocycles. The number of hydrogen-bond donors (Lipinski definition) is 0. The highest BCUT2D eigenvalue weighted by Gasteiger charge is 2.47. The van der Waals surface area contributed by atoms with Crippen molar-refractivity contribution in [2.45, 2.75) is 44.9 Å². The fourth-order valence-electron chi connectivity index (χ4n) is 5.37. The topological polar surface area (TPSA) is 83.4 Å². The van der Waals surface area contributed by atoms with Gasteiger partial charge in [0.15, 0.2) is 11.5 Å². The normalized spacial score (nSPS) is 23.0. The summed E-state index contributed by atoms with van der Waals surface area (Å²) < 4.78 is 22.1. The zero-order valence-corrected chi connectivity index (χ0v) is 20.2. The van der Waals surface area contributed by atoms with Crippen LogP contribution in [0.1, 0.15) is 56.1 Å². The van der Waals surface area contributed by atoms with Crippen molar-refractivity contribution < 1.29 is 28.5 Å². The Labute approximate surface area is 204 Å². The third-order valence-electron chi connectivity index (χ3n) is 6.94. The van der Waals surface area contributed by atoms with Crippen LogP contribution in [0.15, 0.2) is 58.7 Å². The van der Waals surface area contributed by atoms with Crippen LogP contribution in [0.2, 0.25) is 0 Å². The number of rotatable bonds is 6. The van der Waals surface area contributed by atoms with Gasteiger partial charge in [-0.2, -0.15) is 0 Å². The molecular formula is C28H29NO6. The fourth-order valence-corrected chi connectivity index (χ4v) is 5.37. The zero-order chi connectivity index (χ0) is 24.5. The fraction of sp³-hybridized carbons (Fsp3) is 0.393. The molecule has 35 heavy (non-hydrogen) atoms. The second-order valence-corrected chi connectivity index (χ2v) is 9.12. The summed E-state index contributed by atoms with van der Waals surface area (Å²) in [5, 5.41) is 0. The summed E-state index contributed by atoms with van der Waals surface area (Å²) in [5.74, 6) is 0.624. The molecule has 2 aromatic rings. The van der Waals surface area contributed by atoms with Crippen LogP contribution in [0.3, 0.4) is 0 Å². The highest BCUT2D eigenvalue weighted by molar-refractivity contribution is 6.12. The molecule has 0 amide bonds. The summed E-state index contributed by atoms with van der Waals surface area (Å²) in [6, 6.07) is 13.5. The van der Waals surface area contributed by atoms with Crippen molar-refractivity contribution in [1.82, 2.24) is 0 Å². The van der Waals surface area contributed by atoms with Crippen LogP contribution < -0.4 is 14.2 Å². The minimum Gasteiger partial charge on any atom is -0.493 e. The lowest BCUT2D eigenvalue weighted by atomic mass is 9.66. The Morgan fingerprint density at radius 2 is 1.89 bits per heavy atom. The number of methoxy groups -OCH3 is 1. The van der Waals surface area contributed by atoms with Crippen LogP contribution in [0.5, 0.6) is 17.2 Å². The number of esters is 1. The van der Waals surface area contributed by atoms with Crippen molar-refractivity contribution in [3.8, 4) is 17.2 Å². The second kappa shape index (κ2) is 9.56. The average Bonchev–Trinajstić information content (AvgIpc) is 3.34. The van der Waals surface area contributed by atoms with Crippen LogP contribution in [0.25, 0.3) is 0 Å². The first-order valence-electron chi connectivity index (χ1n) is 12.0. The molecule has 0 aromatic heterocycles. The van der Waals surface area contributed by atoms with E-state index in [1.54, 1.807) is 0 Å². The van der Waals surface area contributed by atoms with Gasteiger partial charge in [-0.3, -0.25) is 9.79 Å². The Balaban J connectivity index is 1.56. The number of carbonyl (C=O) groups excluding carboxylic acids is 2. The first-order valence-corrected chi connectivity index (χ1v) is 12.0. The van der Waals surface area contributed by atoms with Gasteiger partial charge in [-0.1, -0.05) is 31.2 Å². The molecule has 5 rings (SSSR count). The first kappa shape index (κ1) is 23.1. The Hall–Kier alpha value is -3.61. The van der Waals surface area contributed by atoms with Gasteiger partial charge in [-0.05, 0) is 49.4 Å². The number of nitrogens with zero attached hydrogens (tertiary/aromatic N) is 1. The highest BCUT2D eigenvalue weighted by Crippen LogP contribution is 2.48. The predicted octanol–water partition coefficient (Wildman–Crippen LogP) is 4.95. The molecule has 7 nitrogen and oxygen atoms in total. The van der Waals surface area contributed by atoms with E-state index in [4.69, 9.17) is 23.9 Å². The average molecular weight is 476 g/mol. The molecule has 1 fully saturated rings. The SMILES string of the molecule is CCCOc1ccccc1[C@@H]1C(C(=O)OC)=C(C)N=C2C[C@H](c3ccc4c(c3)OCO4)CC(=O)C21. The molecule has 2 heterocycles. The lowest BCUT2D eigenvalue weighted by molar-refractivity contribution is -0.136. The Morgan fingerprint density at radius 3 is 2.69 bits per heavy atom. The van der Waals surface area contributed by atoms with Gasteiger partial charge >= 0.3 is 5.97 Å². The first-order chi connectivity index (χ1) is 17.0. The lowest BCUT2D eigenvalue weighted by Crippen LogP contribution is -2.41. The standard InChI is InChI=1S/C28H29NO6/c1-4-11-33-22-8-6-5-7-19(22)26-25(28(31)32-3)16(2)29-20-12-18(13-21(30)27(20)26)17-9-10-23-24(14-17)35-15-34-23/h5-10,14,18,26-27H,4,11-13,15H2,1-3H3/t18-,26+,27?/m0/s1. The molecule has 0 bridgehead atoms. The van der Waals surface area contributed by atoms with E-state index >= 15 is 0 Å². The number of para-hydroxylation sites is 1. The molecule has 3 aliphatic rings. The van der Waals surface area contributed by atoms with Gasteiger partial charge in [-0.25, -0.2) is 4.79 Å². The van der Waals surface area contributed by atoms with Crippen molar-refractivity contribution in [3.05, 3.63) is 64.9 Å². The molecule has 2 aliphatic heterocycles. The van der Waals surface area contributed by atoms with Gasteiger partial charge in [0.05, 0.1) is 25.2 Å². The predicted molar refractivity (Wildman–Crippen MR) is 130 cm³/mol. The molecule has 182 valence electrons. The van der Waals surface area contributed by atoms with Crippen molar-refractivity contribution >= 4 is 17.5 Å². The quantitative estimate of drug-likeness (QED) is 0.550. The number of hydrogen-bond acceptors (Lipinski definition) is 7. The van der Waals surface area contributed by atoms with Crippen LogP contribution in [-0.2, 0) is 14.3 Å². The molecular weight excluding hydrogens is 446 g/mol. The van der Waals surface area contributed by atoms with Gasteiger partial charge < -0.3 is 18.9 Å². The number of aliphatic imine (C=N–C) groups is 1. The monoisotopic (exact) mass is 475 g/mol. The van der Waals surface area contributed by atoms with E-state index in [2.05, 4.69) is 0 Å². The van der Waals surface area contributed by atoms with Gasteiger partial charge in [0.1, 0.15) is 11.5 Å². The maximum atomic E-state index is 13.8. The van der Waals surface area contributed by atoms with Gasteiger partial charge in [0, 0.05) is 29.3 Å². The van der Waals surface area contributed by atoms with Crippen LogP contribution in [0.4, 0.5) is 0 Å². The van der Waals surface area contributed by atoms with Gasteiger partial charge in [0.2, 0.25) is 6.79 Å². The Kier molecular flexibility index (Phi) is 6.32. The van der Waals surface area contributed by atoms with Gasteiger partial charge in [0.25, 0.3) is 0 Å². The molecule has 1 saturated carbocycles. The van der Waals surface area contributed by atoms with Gasteiger partial charge in [-0.15, -0.1) is 0 Å². The Bertz CT molecular complexity index is 1230. The van der Waals surface area contributed by atoms with E-state index in [1.165, 1.54) is 7.11 Å². The zero-order valence-electron chi connectivity index (χ0n) is 20.2. The summed E-state index contributed by atoms with van der Waals surface area (Å²) in [6.07, 6.45) is 1.83. The summed E-state index contributed by atoms with van der Waals surface area (Å²) in [5.41, 5.74) is 3.63. The van der Waals surface area contributed by atoms with Crippen molar-refractivity contribution in [2.75, 3.05) is 20.5 Å². The van der Waals surface area contributed by atoms with Crippen LogP contribution in [0, 0.1) is 5.92 Å². The van der Waals surface area contributed by atoms with E-state index in [0.29, 0.717) is 48.0 Å². The number of ether oxygens (including phenoxy) is 4. The molecule has 3 atom stereocenters. The largest absolute Gasteiger partial charge is 0.493 e. The molecule has 0 radical (unpaired) electrons. The summed E-state index contributed by atoms with van der Waals surface area (Å²) in [4.78, 5) is 31.5. The van der Waals surface area contributed by atoms with E-state index in [0.717, 1.165) is 23.3 Å². The minimum absolute atomic E-state index is 0.0216. The van der Waals surface area contributed by atoms with E-state index in [1.807, 2.05) is 56.3 Å². The molecule has 0 saturated heterocycles. The third kappa shape index (κ3) is 4.20. The number of Topliss-reactive ketones (excluding diaryl/α,β-unsaturated/α-hetero) is 1. The van der Waals surface area contributed by atoms with E-state index in [9.17, 15) is 9.59 Å². The smallest absolute Gasteiger partial charge is 0.336 e.